The molecule has 1 atom stereocenters. The second-order valence-electron chi connectivity index (χ2n) is 10.2. The normalized spacial score (nSPS) is 12.6. The van der Waals surface area contributed by atoms with Crippen LogP contribution in [-0.4, -0.2) is 39.4 Å². The molecule has 0 aliphatic heterocycles. The van der Waals surface area contributed by atoms with Gasteiger partial charge in [-0.05, 0) is 55.8 Å². The number of benzene rings is 3. The van der Waals surface area contributed by atoms with Crippen LogP contribution in [0.3, 0.4) is 0 Å². The topological polar surface area (TPSA) is 66.9 Å². The van der Waals surface area contributed by atoms with E-state index in [1.807, 2.05) is 20.8 Å². The number of carbonyl (C=O) groups excluding carboxylic acids is 1. The molecule has 0 aliphatic carbocycles. The molecule has 0 unspecified atom stereocenters. The van der Waals surface area contributed by atoms with E-state index in [9.17, 15) is 17.6 Å². The summed E-state index contributed by atoms with van der Waals surface area (Å²) in [5.41, 5.74) is -0.476. The van der Waals surface area contributed by atoms with Crippen LogP contribution in [0.5, 0.6) is 5.75 Å². The summed E-state index contributed by atoms with van der Waals surface area (Å²) < 4.78 is 63.8. The van der Waals surface area contributed by atoms with Gasteiger partial charge in [0, 0.05) is 35.7 Å². The van der Waals surface area contributed by atoms with Gasteiger partial charge in [-0.1, -0.05) is 50.6 Å². The van der Waals surface area contributed by atoms with E-state index in [-0.39, 0.29) is 17.4 Å². The maximum absolute atomic E-state index is 15.0. The molecule has 0 fully saturated rings. The monoisotopic (exact) mass is 578 g/mol. The summed E-state index contributed by atoms with van der Waals surface area (Å²) in [6.45, 7) is 7.86. The van der Waals surface area contributed by atoms with Crippen LogP contribution in [0, 0.1) is 17.0 Å². The van der Waals surface area contributed by atoms with Gasteiger partial charge in [-0.15, -0.1) is 0 Å². The molecule has 0 N–H and O–H groups in total. The van der Waals surface area contributed by atoms with Gasteiger partial charge in [-0.25, -0.2) is 17.2 Å². The molecule has 0 aromatic heterocycles. The molecule has 1 amide bonds. The third-order valence-corrected chi connectivity index (χ3v) is 8.27. The molecule has 39 heavy (non-hydrogen) atoms. The number of hydrogen-bond donors (Lipinski definition) is 0. The molecular weight excluding hydrogens is 546 g/mol. The maximum Gasteiger partial charge on any atom is 0.264 e. The molecule has 3 aromatic rings. The van der Waals surface area contributed by atoms with Crippen LogP contribution in [0.25, 0.3) is 0 Å². The Hall–Kier alpha value is -3.17. The van der Waals surface area contributed by atoms with Crippen LogP contribution >= 0.6 is 11.6 Å². The fourth-order valence-corrected chi connectivity index (χ4v) is 5.92. The molecule has 0 saturated heterocycles. The number of anilines is 1. The van der Waals surface area contributed by atoms with Crippen molar-refractivity contribution in [2.45, 2.75) is 45.1 Å². The second-order valence-corrected chi connectivity index (χ2v) is 12.5. The summed E-state index contributed by atoms with van der Waals surface area (Å²) in [6, 6.07) is 13.9. The Labute approximate surface area is 234 Å². The molecule has 0 bridgehead atoms. The van der Waals surface area contributed by atoms with Crippen LogP contribution in [0.2, 0.25) is 5.02 Å². The number of sulfonamides is 1. The van der Waals surface area contributed by atoms with Crippen molar-refractivity contribution in [3.05, 3.63) is 89.0 Å². The van der Waals surface area contributed by atoms with Gasteiger partial charge >= 0.3 is 0 Å². The number of amides is 1. The van der Waals surface area contributed by atoms with Gasteiger partial charge in [0.25, 0.3) is 10.0 Å². The first-order valence-electron chi connectivity index (χ1n) is 12.5. The van der Waals surface area contributed by atoms with E-state index in [4.69, 9.17) is 16.3 Å². The molecule has 10 heteroatoms. The van der Waals surface area contributed by atoms with Crippen LogP contribution in [0.4, 0.5) is 14.5 Å². The van der Waals surface area contributed by atoms with Gasteiger partial charge in [-0.3, -0.25) is 9.10 Å². The number of carbonyl (C=O) groups is 1. The summed E-state index contributed by atoms with van der Waals surface area (Å²) in [5.74, 6) is -1.28. The summed E-state index contributed by atoms with van der Waals surface area (Å²) >= 11 is 5.95. The molecular formula is C29H33ClF2N2O4S. The first-order chi connectivity index (χ1) is 18.2. The molecule has 0 heterocycles. The van der Waals surface area contributed by atoms with Crippen molar-refractivity contribution in [1.82, 2.24) is 4.90 Å². The average Bonchev–Trinajstić information content (AvgIpc) is 2.88. The predicted octanol–water partition coefficient (Wildman–Crippen LogP) is 6.85. The fraction of sp³-hybridized carbons (Fsp3) is 0.345. The Bertz CT molecular complexity index is 1410. The van der Waals surface area contributed by atoms with Gasteiger partial charge in [0.1, 0.15) is 17.4 Å². The number of halogens is 3. The highest BCUT2D eigenvalue weighted by atomic mass is 35.5. The Kier molecular flexibility index (Phi) is 9.61. The van der Waals surface area contributed by atoms with Crippen molar-refractivity contribution >= 4 is 33.2 Å². The SMILES string of the molecule is C[C@H](c1ccccc1OCCCN(C)C(=O)C(C)(C)C)N(c1cc(F)ccc1F)S(=O)(=O)c1ccc(Cl)cc1. The quantitative estimate of drug-likeness (QED) is 0.247. The van der Waals surface area contributed by atoms with Crippen molar-refractivity contribution < 1.29 is 26.7 Å². The van der Waals surface area contributed by atoms with E-state index < -0.39 is 38.8 Å². The smallest absolute Gasteiger partial charge is 0.264 e. The number of ether oxygens (including phenoxy) is 1. The third kappa shape index (κ3) is 7.28. The Morgan fingerprint density at radius 2 is 1.67 bits per heavy atom. The van der Waals surface area contributed by atoms with Crippen LogP contribution < -0.4 is 9.04 Å². The number of nitrogens with zero attached hydrogens (tertiary/aromatic N) is 2. The van der Waals surface area contributed by atoms with Crippen molar-refractivity contribution in [3.8, 4) is 5.75 Å². The lowest BCUT2D eigenvalue weighted by atomic mass is 9.95. The minimum Gasteiger partial charge on any atom is -0.493 e. The van der Waals surface area contributed by atoms with Crippen LogP contribution in [0.1, 0.15) is 45.7 Å². The highest BCUT2D eigenvalue weighted by molar-refractivity contribution is 7.92. The lowest BCUT2D eigenvalue weighted by molar-refractivity contribution is -0.138. The largest absolute Gasteiger partial charge is 0.493 e. The zero-order valence-electron chi connectivity index (χ0n) is 22.6. The van der Waals surface area contributed by atoms with E-state index in [1.54, 1.807) is 43.1 Å². The Morgan fingerprint density at radius 1 is 1.03 bits per heavy atom. The van der Waals surface area contributed by atoms with Gasteiger partial charge in [-0.2, -0.15) is 0 Å². The summed E-state index contributed by atoms with van der Waals surface area (Å²) in [7, 11) is -2.63. The van der Waals surface area contributed by atoms with E-state index in [0.717, 1.165) is 22.5 Å². The third-order valence-electron chi connectivity index (χ3n) is 6.12. The van der Waals surface area contributed by atoms with Crippen molar-refractivity contribution in [2.24, 2.45) is 5.41 Å². The lowest BCUT2D eigenvalue weighted by Crippen LogP contribution is -2.37. The lowest BCUT2D eigenvalue weighted by Gasteiger charge is -2.32. The first kappa shape index (κ1) is 30.4. The average molecular weight is 579 g/mol. The molecule has 0 radical (unpaired) electrons. The molecule has 3 aromatic carbocycles. The molecule has 0 saturated carbocycles. The Balaban J connectivity index is 1.93. The Morgan fingerprint density at radius 3 is 2.31 bits per heavy atom. The highest BCUT2D eigenvalue weighted by Gasteiger charge is 2.34. The zero-order valence-corrected chi connectivity index (χ0v) is 24.2. The molecule has 6 nitrogen and oxygen atoms in total. The van der Waals surface area contributed by atoms with Gasteiger partial charge in [0.15, 0.2) is 0 Å². The fourth-order valence-electron chi connectivity index (χ4n) is 4.16. The van der Waals surface area contributed by atoms with E-state index >= 15 is 4.39 Å². The first-order valence-corrected chi connectivity index (χ1v) is 14.3. The van der Waals surface area contributed by atoms with Gasteiger partial charge in [0.2, 0.25) is 5.91 Å². The second kappa shape index (κ2) is 12.3. The predicted molar refractivity (Wildman–Crippen MR) is 150 cm³/mol. The zero-order chi connectivity index (χ0) is 29.0. The summed E-state index contributed by atoms with van der Waals surface area (Å²) in [6.07, 6.45) is 0.534. The summed E-state index contributed by atoms with van der Waals surface area (Å²) in [5, 5.41) is 0.332. The maximum atomic E-state index is 15.0. The molecule has 210 valence electrons. The van der Waals surface area contributed by atoms with E-state index in [2.05, 4.69) is 0 Å². The van der Waals surface area contributed by atoms with Crippen LogP contribution in [-0.2, 0) is 14.8 Å². The minimum atomic E-state index is -4.37. The number of rotatable bonds is 10. The number of hydrogen-bond acceptors (Lipinski definition) is 4. The van der Waals surface area contributed by atoms with Crippen LogP contribution in [0.15, 0.2) is 71.6 Å². The minimum absolute atomic E-state index is 0.0108. The van der Waals surface area contributed by atoms with E-state index in [0.29, 0.717) is 29.3 Å². The molecule has 0 spiro atoms. The van der Waals surface area contributed by atoms with Gasteiger partial charge in [0.05, 0.1) is 23.2 Å². The molecule has 0 aliphatic rings. The summed E-state index contributed by atoms with van der Waals surface area (Å²) in [4.78, 5) is 13.9. The van der Waals surface area contributed by atoms with Crippen molar-refractivity contribution in [1.29, 1.82) is 0 Å². The standard InChI is InChI=1S/C29H33ClF2N2O4S/c1-20(24-9-6-7-10-27(24)38-18-8-17-33(5)28(35)29(2,3)4)34(26-19-22(31)13-16-25(26)32)39(36,37)23-14-11-21(30)12-15-23/h6-7,9-16,19-20H,8,17-18H2,1-5H3/t20-/m1/s1. The van der Waals surface area contributed by atoms with E-state index in [1.165, 1.54) is 24.3 Å². The van der Waals surface area contributed by atoms with Crippen molar-refractivity contribution in [3.63, 3.8) is 0 Å². The number of para-hydroxylation sites is 1. The molecule has 3 rings (SSSR count). The van der Waals surface area contributed by atoms with Crippen molar-refractivity contribution in [2.75, 3.05) is 24.5 Å². The highest BCUT2D eigenvalue weighted by Crippen LogP contribution is 2.38. The van der Waals surface area contributed by atoms with Gasteiger partial charge < -0.3 is 9.64 Å².